The predicted octanol–water partition coefficient (Wildman–Crippen LogP) is 2.31. The van der Waals surface area contributed by atoms with Crippen LogP contribution in [-0.2, 0) is 6.42 Å². The van der Waals surface area contributed by atoms with Crippen molar-refractivity contribution in [3.05, 3.63) is 29.8 Å². The molecular weight excluding hydrogens is 236 g/mol. The molecule has 1 aliphatic rings. The first-order valence-electron chi connectivity index (χ1n) is 7.30. The van der Waals surface area contributed by atoms with Crippen molar-refractivity contribution in [3.63, 3.8) is 0 Å². The summed E-state index contributed by atoms with van der Waals surface area (Å²) in [7, 11) is 1.75. The van der Waals surface area contributed by atoms with E-state index in [0.29, 0.717) is 12.1 Å². The third-order valence-electron chi connectivity index (χ3n) is 3.98. The molecule has 0 amide bonds. The normalized spacial score (nSPS) is 24.4. The van der Waals surface area contributed by atoms with Crippen LogP contribution < -0.4 is 10.1 Å². The van der Waals surface area contributed by atoms with E-state index in [-0.39, 0.29) is 0 Å². The van der Waals surface area contributed by atoms with Crippen molar-refractivity contribution in [2.24, 2.45) is 0 Å². The first kappa shape index (κ1) is 14.4. The number of para-hydroxylation sites is 1. The van der Waals surface area contributed by atoms with Gasteiger partial charge in [0.05, 0.1) is 7.11 Å². The SMILES string of the molecule is COc1ccccc1CCCN1C[C@H](C)NC[C@H]1C. The zero-order chi connectivity index (χ0) is 13.7. The first-order valence-corrected chi connectivity index (χ1v) is 7.30. The molecule has 1 fully saturated rings. The quantitative estimate of drug-likeness (QED) is 0.881. The van der Waals surface area contributed by atoms with Crippen molar-refractivity contribution in [2.45, 2.75) is 38.8 Å². The highest BCUT2D eigenvalue weighted by atomic mass is 16.5. The summed E-state index contributed by atoms with van der Waals surface area (Å²) < 4.78 is 5.40. The Kier molecular flexibility index (Phi) is 5.23. The molecule has 0 bridgehead atoms. The van der Waals surface area contributed by atoms with E-state index >= 15 is 0 Å². The van der Waals surface area contributed by atoms with Crippen molar-refractivity contribution >= 4 is 0 Å². The molecule has 3 heteroatoms. The number of ether oxygens (including phenoxy) is 1. The Morgan fingerprint density at radius 2 is 2.11 bits per heavy atom. The number of nitrogens with one attached hydrogen (secondary N) is 1. The minimum absolute atomic E-state index is 0.613. The molecule has 1 aromatic carbocycles. The highest BCUT2D eigenvalue weighted by molar-refractivity contribution is 5.33. The van der Waals surface area contributed by atoms with Gasteiger partial charge in [0.2, 0.25) is 0 Å². The van der Waals surface area contributed by atoms with Crippen LogP contribution in [0.25, 0.3) is 0 Å². The van der Waals surface area contributed by atoms with E-state index in [1.54, 1.807) is 7.11 Å². The Hall–Kier alpha value is -1.06. The van der Waals surface area contributed by atoms with Crippen LogP contribution in [0, 0.1) is 0 Å². The van der Waals surface area contributed by atoms with Gasteiger partial charge in [-0.3, -0.25) is 4.90 Å². The number of aryl methyl sites for hydroxylation is 1. The summed E-state index contributed by atoms with van der Waals surface area (Å²) in [5, 5.41) is 3.53. The van der Waals surface area contributed by atoms with Gasteiger partial charge in [0.15, 0.2) is 0 Å². The molecule has 106 valence electrons. The first-order chi connectivity index (χ1) is 9.20. The maximum atomic E-state index is 5.40. The molecule has 0 saturated carbocycles. The molecule has 1 saturated heterocycles. The van der Waals surface area contributed by atoms with Gasteiger partial charge < -0.3 is 10.1 Å². The minimum Gasteiger partial charge on any atom is -0.496 e. The van der Waals surface area contributed by atoms with Crippen LogP contribution in [0.4, 0.5) is 0 Å². The summed E-state index contributed by atoms with van der Waals surface area (Å²) in [5.74, 6) is 1.02. The molecule has 0 spiro atoms. The Labute approximate surface area is 116 Å². The van der Waals surface area contributed by atoms with Gasteiger partial charge in [-0.25, -0.2) is 0 Å². The van der Waals surface area contributed by atoms with Crippen LogP contribution in [0.3, 0.4) is 0 Å². The summed E-state index contributed by atoms with van der Waals surface area (Å²) >= 11 is 0. The number of hydrogen-bond donors (Lipinski definition) is 1. The lowest BCUT2D eigenvalue weighted by Crippen LogP contribution is -2.54. The number of benzene rings is 1. The van der Waals surface area contributed by atoms with Gasteiger partial charge in [-0.2, -0.15) is 0 Å². The molecule has 0 aliphatic carbocycles. The van der Waals surface area contributed by atoms with Crippen LogP contribution in [0.15, 0.2) is 24.3 Å². The van der Waals surface area contributed by atoms with Gasteiger partial charge in [-0.1, -0.05) is 18.2 Å². The molecule has 2 rings (SSSR count). The van der Waals surface area contributed by atoms with E-state index in [2.05, 4.69) is 36.2 Å². The Bertz CT molecular complexity index is 394. The summed E-state index contributed by atoms with van der Waals surface area (Å²) in [5.41, 5.74) is 1.32. The molecule has 1 aromatic rings. The van der Waals surface area contributed by atoms with Crippen LogP contribution in [0.2, 0.25) is 0 Å². The molecular formula is C16H26N2O. The largest absolute Gasteiger partial charge is 0.496 e. The van der Waals surface area contributed by atoms with E-state index in [1.165, 1.54) is 18.5 Å². The fourth-order valence-electron chi connectivity index (χ4n) is 2.79. The van der Waals surface area contributed by atoms with E-state index in [1.807, 2.05) is 12.1 Å². The zero-order valence-electron chi connectivity index (χ0n) is 12.4. The molecule has 1 N–H and O–H groups in total. The Morgan fingerprint density at radius 3 is 2.89 bits per heavy atom. The van der Waals surface area contributed by atoms with Gasteiger partial charge in [-0.15, -0.1) is 0 Å². The summed E-state index contributed by atoms with van der Waals surface area (Å²) in [6.07, 6.45) is 2.28. The van der Waals surface area contributed by atoms with Crippen LogP contribution >= 0.6 is 0 Å². The molecule has 1 aliphatic heterocycles. The lowest BCUT2D eigenvalue weighted by atomic mass is 10.1. The predicted molar refractivity (Wildman–Crippen MR) is 79.8 cm³/mol. The average Bonchev–Trinajstić information content (AvgIpc) is 2.43. The molecule has 1 heterocycles. The Balaban J connectivity index is 1.82. The summed E-state index contributed by atoms with van der Waals surface area (Å²) in [6.45, 7) is 8.01. The number of methoxy groups -OCH3 is 1. The van der Waals surface area contributed by atoms with Crippen molar-refractivity contribution < 1.29 is 4.74 Å². The number of nitrogens with zero attached hydrogens (tertiary/aromatic N) is 1. The van der Waals surface area contributed by atoms with Crippen molar-refractivity contribution in [1.82, 2.24) is 10.2 Å². The second-order valence-corrected chi connectivity index (χ2v) is 5.57. The average molecular weight is 262 g/mol. The fraction of sp³-hybridized carbons (Fsp3) is 0.625. The monoisotopic (exact) mass is 262 g/mol. The van der Waals surface area contributed by atoms with Gasteiger partial charge >= 0.3 is 0 Å². The van der Waals surface area contributed by atoms with Gasteiger partial charge in [0.25, 0.3) is 0 Å². The van der Waals surface area contributed by atoms with Crippen LogP contribution in [-0.4, -0.2) is 43.7 Å². The van der Waals surface area contributed by atoms with E-state index in [0.717, 1.165) is 25.3 Å². The highest BCUT2D eigenvalue weighted by Gasteiger charge is 2.21. The molecule has 0 unspecified atom stereocenters. The number of rotatable bonds is 5. The molecule has 0 radical (unpaired) electrons. The van der Waals surface area contributed by atoms with Crippen LogP contribution in [0.1, 0.15) is 25.8 Å². The molecule has 3 nitrogen and oxygen atoms in total. The van der Waals surface area contributed by atoms with Crippen molar-refractivity contribution in [2.75, 3.05) is 26.7 Å². The van der Waals surface area contributed by atoms with Crippen molar-refractivity contribution in [1.29, 1.82) is 0 Å². The zero-order valence-corrected chi connectivity index (χ0v) is 12.4. The van der Waals surface area contributed by atoms with Crippen molar-refractivity contribution in [3.8, 4) is 5.75 Å². The van der Waals surface area contributed by atoms with Gasteiger partial charge in [-0.05, 0) is 44.9 Å². The molecule has 2 atom stereocenters. The summed E-state index contributed by atoms with van der Waals surface area (Å²) in [6, 6.07) is 9.60. The van der Waals surface area contributed by atoms with E-state index < -0.39 is 0 Å². The second-order valence-electron chi connectivity index (χ2n) is 5.57. The maximum absolute atomic E-state index is 5.40. The van der Waals surface area contributed by atoms with Gasteiger partial charge in [0, 0.05) is 25.2 Å². The summed E-state index contributed by atoms with van der Waals surface area (Å²) in [4.78, 5) is 2.59. The smallest absolute Gasteiger partial charge is 0.122 e. The third-order valence-corrected chi connectivity index (χ3v) is 3.98. The Morgan fingerprint density at radius 1 is 1.32 bits per heavy atom. The fourth-order valence-corrected chi connectivity index (χ4v) is 2.79. The van der Waals surface area contributed by atoms with Crippen LogP contribution in [0.5, 0.6) is 5.75 Å². The van der Waals surface area contributed by atoms with E-state index in [9.17, 15) is 0 Å². The molecule has 0 aromatic heterocycles. The standard InChI is InChI=1S/C16H26N2O/c1-13-12-18(14(2)11-17-13)10-6-8-15-7-4-5-9-16(15)19-3/h4-5,7,9,13-14,17H,6,8,10-12H2,1-3H3/t13-,14+/m0/s1. The number of piperazine rings is 1. The number of hydrogen-bond acceptors (Lipinski definition) is 3. The lowest BCUT2D eigenvalue weighted by Gasteiger charge is -2.37. The highest BCUT2D eigenvalue weighted by Crippen LogP contribution is 2.19. The van der Waals surface area contributed by atoms with Gasteiger partial charge in [0.1, 0.15) is 5.75 Å². The third kappa shape index (κ3) is 3.95. The minimum atomic E-state index is 0.613. The van der Waals surface area contributed by atoms with E-state index in [4.69, 9.17) is 4.74 Å². The molecule has 19 heavy (non-hydrogen) atoms. The lowest BCUT2D eigenvalue weighted by molar-refractivity contribution is 0.145. The second kappa shape index (κ2) is 6.92. The topological polar surface area (TPSA) is 24.5 Å². The maximum Gasteiger partial charge on any atom is 0.122 e.